The summed E-state index contributed by atoms with van der Waals surface area (Å²) in [4.78, 5) is 28.9. The Morgan fingerprint density at radius 3 is 2.76 bits per heavy atom. The molecule has 2 amide bonds. The molecule has 7 nitrogen and oxygen atoms in total. The molecule has 37 heavy (non-hydrogen) atoms. The molecular weight excluding hydrogens is 473 g/mol. The van der Waals surface area contributed by atoms with Gasteiger partial charge in [0.1, 0.15) is 11.4 Å². The summed E-state index contributed by atoms with van der Waals surface area (Å²) in [6, 6.07) is 10.3. The third-order valence-electron chi connectivity index (χ3n) is 6.97. The van der Waals surface area contributed by atoms with Gasteiger partial charge in [0, 0.05) is 24.3 Å². The van der Waals surface area contributed by atoms with Crippen molar-refractivity contribution in [3.63, 3.8) is 0 Å². The topological polar surface area (TPSA) is 89.5 Å². The molecule has 0 radical (unpaired) electrons. The van der Waals surface area contributed by atoms with Crippen LogP contribution in [0.4, 0.5) is 14.0 Å². The number of carbonyl (C=O) groups is 2. The van der Waals surface area contributed by atoms with E-state index in [4.69, 9.17) is 9.47 Å². The Balaban J connectivity index is 1.45. The maximum Gasteiger partial charge on any atom is 0.407 e. The Labute approximate surface area is 217 Å². The first-order chi connectivity index (χ1) is 17.7. The summed E-state index contributed by atoms with van der Waals surface area (Å²) >= 11 is 0. The lowest BCUT2D eigenvalue weighted by Crippen LogP contribution is -2.45. The van der Waals surface area contributed by atoms with E-state index in [1.165, 1.54) is 12.1 Å². The normalized spacial score (nSPS) is 24.6. The Morgan fingerprint density at radius 2 is 2.03 bits per heavy atom. The molecule has 8 heteroatoms. The molecular formula is C29H36FN3O4. The number of hydrogen-bond acceptors (Lipinski definition) is 5. The summed E-state index contributed by atoms with van der Waals surface area (Å²) in [7, 11) is 0. The van der Waals surface area contributed by atoms with Crippen LogP contribution in [0.25, 0.3) is 17.2 Å². The van der Waals surface area contributed by atoms with Crippen molar-refractivity contribution in [2.75, 3.05) is 13.2 Å². The van der Waals surface area contributed by atoms with Gasteiger partial charge in [-0.15, -0.1) is 0 Å². The van der Waals surface area contributed by atoms with Crippen LogP contribution in [0, 0.1) is 23.6 Å². The number of halogens is 1. The van der Waals surface area contributed by atoms with Crippen LogP contribution in [-0.2, 0) is 9.47 Å². The van der Waals surface area contributed by atoms with Crippen LogP contribution in [0.15, 0.2) is 48.7 Å². The van der Waals surface area contributed by atoms with Crippen molar-refractivity contribution < 1.29 is 23.5 Å². The van der Waals surface area contributed by atoms with Gasteiger partial charge in [-0.3, -0.25) is 4.98 Å². The number of nitrogens with zero attached hydrogens (tertiary/aromatic N) is 1. The van der Waals surface area contributed by atoms with E-state index >= 15 is 0 Å². The number of carbonyl (C=O) groups excluding carboxylic acids is 2. The zero-order valence-electron chi connectivity index (χ0n) is 21.7. The summed E-state index contributed by atoms with van der Waals surface area (Å²) in [5.41, 5.74) is 1.87. The molecule has 2 aliphatic rings. The lowest BCUT2D eigenvalue weighted by Gasteiger charge is -2.39. The van der Waals surface area contributed by atoms with Crippen molar-refractivity contribution >= 4 is 18.3 Å². The van der Waals surface area contributed by atoms with Gasteiger partial charge in [0.25, 0.3) is 0 Å². The molecule has 1 aromatic carbocycles. The molecule has 2 aromatic rings. The van der Waals surface area contributed by atoms with E-state index in [1.54, 1.807) is 12.3 Å². The van der Waals surface area contributed by atoms with Gasteiger partial charge in [0.2, 0.25) is 0 Å². The molecule has 1 aromatic heterocycles. The molecule has 1 aliphatic heterocycles. The second kappa shape index (κ2) is 11.8. The van der Waals surface area contributed by atoms with Crippen LogP contribution in [0.2, 0.25) is 0 Å². The summed E-state index contributed by atoms with van der Waals surface area (Å²) in [6.07, 6.45) is 8.37. The number of rotatable bonds is 4. The average Bonchev–Trinajstić information content (AvgIpc) is 2.90. The summed E-state index contributed by atoms with van der Waals surface area (Å²) in [6.45, 7) is 6.38. The molecule has 4 atom stereocenters. The van der Waals surface area contributed by atoms with Crippen molar-refractivity contribution in [2.45, 2.75) is 58.1 Å². The van der Waals surface area contributed by atoms with E-state index in [0.29, 0.717) is 25.0 Å². The largest absolute Gasteiger partial charge is 0.450 e. The number of pyridine rings is 1. The van der Waals surface area contributed by atoms with Crippen molar-refractivity contribution in [3.8, 4) is 11.1 Å². The van der Waals surface area contributed by atoms with Crippen molar-refractivity contribution in [3.05, 3.63) is 60.2 Å². The highest BCUT2D eigenvalue weighted by Gasteiger charge is 2.36. The summed E-state index contributed by atoms with van der Waals surface area (Å²) < 4.78 is 24.4. The Bertz CT molecular complexity index is 1110. The SMILES string of the molecule is CC(C)(C)OC(=O)NC1CC[C@@H]2[C@H](CCOC(=O)NC[C@H]2/C=C/c2ccc(-c3cccc(F)c3)cn2)C1. The Morgan fingerprint density at radius 1 is 1.19 bits per heavy atom. The number of fused-ring (bicyclic) bond motifs is 1. The highest BCUT2D eigenvalue weighted by Crippen LogP contribution is 2.39. The lowest BCUT2D eigenvalue weighted by atomic mass is 9.69. The van der Waals surface area contributed by atoms with E-state index in [9.17, 15) is 14.0 Å². The second-order valence-electron chi connectivity index (χ2n) is 10.9. The molecule has 1 saturated heterocycles. The van der Waals surface area contributed by atoms with Crippen LogP contribution in [0.3, 0.4) is 0 Å². The van der Waals surface area contributed by atoms with Crippen molar-refractivity contribution in [2.24, 2.45) is 17.8 Å². The fourth-order valence-electron chi connectivity index (χ4n) is 5.27. The van der Waals surface area contributed by atoms with Gasteiger partial charge in [-0.05, 0) is 94.0 Å². The minimum atomic E-state index is -0.543. The van der Waals surface area contributed by atoms with Gasteiger partial charge in [-0.2, -0.15) is 0 Å². The third-order valence-corrected chi connectivity index (χ3v) is 6.97. The molecule has 2 N–H and O–H groups in total. The van der Waals surface area contributed by atoms with E-state index in [0.717, 1.165) is 42.5 Å². The van der Waals surface area contributed by atoms with Crippen molar-refractivity contribution in [1.29, 1.82) is 0 Å². The van der Waals surface area contributed by atoms with Crippen LogP contribution in [0.5, 0.6) is 0 Å². The molecule has 198 valence electrons. The number of nitrogens with one attached hydrogen (secondary N) is 2. The first-order valence-corrected chi connectivity index (χ1v) is 13.0. The Kier molecular flexibility index (Phi) is 8.46. The molecule has 2 heterocycles. The molecule has 1 saturated carbocycles. The van der Waals surface area contributed by atoms with E-state index in [2.05, 4.69) is 21.7 Å². The van der Waals surface area contributed by atoms with Gasteiger partial charge < -0.3 is 20.1 Å². The van der Waals surface area contributed by atoms with E-state index in [1.807, 2.05) is 45.0 Å². The van der Waals surface area contributed by atoms with Gasteiger partial charge in [-0.1, -0.05) is 24.3 Å². The van der Waals surface area contributed by atoms with Crippen LogP contribution in [0.1, 0.15) is 52.1 Å². The number of aromatic nitrogens is 1. The maximum absolute atomic E-state index is 13.6. The molecule has 2 fully saturated rings. The molecule has 1 aliphatic carbocycles. The molecule has 0 bridgehead atoms. The number of cyclic esters (lactones) is 1. The third kappa shape index (κ3) is 7.78. The molecule has 4 rings (SSSR count). The first-order valence-electron chi connectivity index (χ1n) is 13.0. The van der Waals surface area contributed by atoms with Crippen molar-refractivity contribution in [1.82, 2.24) is 15.6 Å². The number of hydrogen-bond donors (Lipinski definition) is 2. The average molecular weight is 510 g/mol. The number of alkyl carbamates (subject to hydrolysis) is 2. The minimum Gasteiger partial charge on any atom is -0.450 e. The number of benzene rings is 1. The van der Waals surface area contributed by atoms with E-state index in [-0.39, 0.29) is 17.8 Å². The highest BCUT2D eigenvalue weighted by atomic mass is 19.1. The number of ether oxygens (including phenoxy) is 2. The number of amides is 2. The fourth-order valence-corrected chi connectivity index (χ4v) is 5.27. The second-order valence-corrected chi connectivity index (χ2v) is 10.9. The predicted octanol–water partition coefficient (Wildman–Crippen LogP) is 5.96. The Hall–Kier alpha value is -3.42. The summed E-state index contributed by atoms with van der Waals surface area (Å²) in [5.74, 6) is 0.446. The standard InChI is InChI=1S/C29H36FN3O4/c1-29(2,3)37-28(35)33-25-11-12-26-20(16-25)13-14-36-27(34)32-18-22(26)8-10-24-9-7-21(17-31-24)19-5-4-6-23(30)15-19/h4-10,15,17,20,22,25-26H,11-14,16,18H2,1-3H3,(H,32,34)(H,33,35)/b10-8+/t20-,22-,25?,26-/m1/s1. The maximum atomic E-state index is 13.6. The zero-order valence-corrected chi connectivity index (χ0v) is 21.7. The first kappa shape index (κ1) is 26.6. The van der Waals surface area contributed by atoms with Gasteiger partial charge >= 0.3 is 12.2 Å². The van der Waals surface area contributed by atoms with Gasteiger partial charge in [-0.25, -0.2) is 14.0 Å². The zero-order chi connectivity index (χ0) is 26.4. The van der Waals surface area contributed by atoms with E-state index < -0.39 is 17.8 Å². The van der Waals surface area contributed by atoms with Gasteiger partial charge in [0.15, 0.2) is 0 Å². The molecule has 1 unspecified atom stereocenters. The quantitative estimate of drug-likeness (QED) is 0.531. The minimum absolute atomic E-state index is 0.0298. The van der Waals surface area contributed by atoms with Crippen LogP contribution >= 0.6 is 0 Å². The fraction of sp³-hybridized carbons (Fsp3) is 0.483. The van der Waals surface area contributed by atoms with Crippen LogP contribution in [-0.4, -0.2) is 42.0 Å². The van der Waals surface area contributed by atoms with Crippen LogP contribution < -0.4 is 10.6 Å². The predicted molar refractivity (Wildman–Crippen MR) is 140 cm³/mol. The highest BCUT2D eigenvalue weighted by molar-refractivity contribution is 5.68. The smallest absolute Gasteiger partial charge is 0.407 e. The van der Waals surface area contributed by atoms with Gasteiger partial charge in [0.05, 0.1) is 12.3 Å². The molecule has 0 spiro atoms. The summed E-state index contributed by atoms with van der Waals surface area (Å²) in [5, 5.41) is 5.92. The lowest BCUT2D eigenvalue weighted by molar-refractivity contribution is 0.0455. The monoisotopic (exact) mass is 509 g/mol.